The quantitative estimate of drug-likeness (QED) is 0.729. The molecule has 0 radical (unpaired) electrons. The van der Waals surface area contributed by atoms with Crippen LogP contribution in [0.5, 0.6) is 0 Å². The van der Waals surface area contributed by atoms with Crippen molar-refractivity contribution in [2.24, 2.45) is 0 Å². The molecule has 0 aromatic heterocycles. The summed E-state index contributed by atoms with van der Waals surface area (Å²) < 4.78 is 30.8. The highest BCUT2D eigenvalue weighted by Gasteiger charge is 2.49. The molecule has 1 saturated carbocycles. The SMILES string of the molecule is CC(C)(C)OC(=O)N[C@@H]1CCC(F)(F)[C@H]1O. The second-order valence-corrected chi connectivity index (χ2v) is 5.00. The zero-order valence-corrected chi connectivity index (χ0v) is 9.59. The van der Waals surface area contributed by atoms with Crippen molar-refractivity contribution in [3.63, 3.8) is 0 Å². The van der Waals surface area contributed by atoms with Gasteiger partial charge in [0.25, 0.3) is 5.92 Å². The zero-order chi connectivity index (χ0) is 12.6. The summed E-state index contributed by atoms with van der Waals surface area (Å²) in [7, 11) is 0. The number of carbonyl (C=O) groups is 1. The summed E-state index contributed by atoms with van der Waals surface area (Å²) in [6.45, 7) is 5.02. The predicted molar refractivity (Wildman–Crippen MR) is 53.3 cm³/mol. The highest BCUT2D eigenvalue weighted by molar-refractivity contribution is 5.68. The Hall–Kier alpha value is -0.910. The van der Waals surface area contributed by atoms with Gasteiger partial charge in [0.1, 0.15) is 11.7 Å². The largest absolute Gasteiger partial charge is 0.444 e. The first kappa shape index (κ1) is 13.2. The number of alkyl halides is 2. The monoisotopic (exact) mass is 237 g/mol. The summed E-state index contributed by atoms with van der Waals surface area (Å²) in [6, 6.07) is -0.940. The molecule has 0 unspecified atom stereocenters. The van der Waals surface area contributed by atoms with Gasteiger partial charge in [-0.25, -0.2) is 13.6 Å². The molecule has 1 amide bonds. The van der Waals surface area contributed by atoms with Crippen LogP contribution in [0, 0.1) is 0 Å². The van der Waals surface area contributed by atoms with E-state index < -0.39 is 36.2 Å². The standard InChI is InChI=1S/C10H17F2NO3/c1-9(2,3)16-8(15)13-6-4-5-10(11,12)7(6)14/h6-7,14H,4-5H2,1-3H3,(H,13,15)/t6-,7+/m1/s1. The maximum atomic E-state index is 12.9. The second kappa shape index (κ2) is 4.16. The van der Waals surface area contributed by atoms with Gasteiger partial charge in [-0.1, -0.05) is 0 Å². The molecule has 0 bridgehead atoms. The highest BCUT2D eigenvalue weighted by atomic mass is 19.3. The van der Waals surface area contributed by atoms with Gasteiger partial charge in [-0.05, 0) is 27.2 Å². The number of aliphatic hydroxyl groups excluding tert-OH is 1. The average molecular weight is 237 g/mol. The van der Waals surface area contributed by atoms with Crippen molar-refractivity contribution in [2.75, 3.05) is 0 Å². The van der Waals surface area contributed by atoms with E-state index in [0.717, 1.165) is 0 Å². The number of nitrogens with one attached hydrogen (secondary N) is 1. The molecule has 1 fully saturated rings. The molecular weight excluding hydrogens is 220 g/mol. The summed E-state index contributed by atoms with van der Waals surface area (Å²) in [5.41, 5.74) is -0.684. The number of alkyl carbamates (subject to hydrolysis) is 1. The minimum Gasteiger partial charge on any atom is -0.444 e. The summed E-state index contributed by atoms with van der Waals surface area (Å²) >= 11 is 0. The molecular formula is C10H17F2NO3. The Balaban J connectivity index is 2.48. The van der Waals surface area contributed by atoms with E-state index in [1.54, 1.807) is 20.8 Å². The Morgan fingerprint density at radius 2 is 2.06 bits per heavy atom. The molecule has 2 N–H and O–H groups in total. The molecule has 6 heteroatoms. The molecule has 0 saturated heterocycles. The molecule has 1 aliphatic rings. The van der Waals surface area contributed by atoms with E-state index in [1.165, 1.54) is 0 Å². The minimum atomic E-state index is -3.13. The third kappa shape index (κ3) is 3.30. The van der Waals surface area contributed by atoms with Crippen LogP contribution in [0.25, 0.3) is 0 Å². The molecule has 0 aliphatic heterocycles. The normalized spacial score (nSPS) is 28.9. The molecule has 0 spiro atoms. The number of ether oxygens (including phenoxy) is 1. The molecule has 1 aliphatic carbocycles. The summed E-state index contributed by atoms with van der Waals surface area (Å²) in [6.07, 6.45) is -2.99. The number of aliphatic hydroxyl groups is 1. The van der Waals surface area contributed by atoms with Crippen molar-refractivity contribution >= 4 is 6.09 Å². The van der Waals surface area contributed by atoms with E-state index >= 15 is 0 Å². The summed E-state index contributed by atoms with van der Waals surface area (Å²) in [5.74, 6) is -3.13. The van der Waals surface area contributed by atoms with Crippen LogP contribution in [0.4, 0.5) is 13.6 Å². The fraction of sp³-hybridized carbons (Fsp3) is 0.900. The fourth-order valence-corrected chi connectivity index (χ4v) is 1.56. The van der Waals surface area contributed by atoms with Gasteiger partial charge >= 0.3 is 6.09 Å². The van der Waals surface area contributed by atoms with E-state index in [1.807, 2.05) is 0 Å². The molecule has 4 nitrogen and oxygen atoms in total. The first-order valence-corrected chi connectivity index (χ1v) is 5.17. The van der Waals surface area contributed by atoms with Crippen LogP contribution in [-0.4, -0.2) is 34.9 Å². The van der Waals surface area contributed by atoms with Crippen LogP contribution in [0.3, 0.4) is 0 Å². The van der Waals surface area contributed by atoms with Gasteiger partial charge in [-0.3, -0.25) is 0 Å². The summed E-state index contributed by atoms with van der Waals surface area (Å²) in [4.78, 5) is 11.3. The highest BCUT2D eigenvalue weighted by Crippen LogP contribution is 2.35. The Morgan fingerprint density at radius 3 is 2.44 bits per heavy atom. The molecule has 0 aromatic carbocycles. The zero-order valence-electron chi connectivity index (χ0n) is 9.59. The number of amides is 1. The van der Waals surface area contributed by atoms with Crippen molar-refractivity contribution in [1.82, 2.24) is 5.32 Å². The van der Waals surface area contributed by atoms with Gasteiger partial charge in [0, 0.05) is 6.42 Å². The molecule has 2 atom stereocenters. The maximum absolute atomic E-state index is 12.9. The Morgan fingerprint density at radius 1 is 1.50 bits per heavy atom. The summed E-state index contributed by atoms with van der Waals surface area (Å²) in [5, 5.41) is 11.5. The van der Waals surface area contributed by atoms with Crippen molar-refractivity contribution in [3.05, 3.63) is 0 Å². The predicted octanol–water partition coefficient (Wildman–Crippen LogP) is 1.67. The lowest BCUT2D eigenvalue weighted by Crippen LogP contribution is -2.46. The number of carbonyl (C=O) groups excluding carboxylic acids is 1. The first-order chi connectivity index (χ1) is 7.12. The fourth-order valence-electron chi connectivity index (χ4n) is 1.56. The topological polar surface area (TPSA) is 58.6 Å². The van der Waals surface area contributed by atoms with Gasteiger partial charge in [0.05, 0.1) is 6.04 Å². The third-order valence-electron chi connectivity index (χ3n) is 2.30. The van der Waals surface area contributed by atoms with Crippen molar-refractivity contribution in [3.8, 4) is 0 Å². The van der Waals surface area contributed by atoms with E-state index in [-0.39, 0.29) is 6.42 Å². The van der Waals surface area contributed by atoms with E-state index in [0.29, 0.717) is 0 Å². The maximum Gasteiger partial charge on any atom is 0.407 e. The lowest BCUT2D eigenvalue weighted by atomic mass is 10.2. The lowest BCUT2D eigenvalue weighted by Gasteiger charge is -2.23. The van der Waals surface area contributed by atoms with Crippen molar-refractivity contribution < 1.29 is 23.4 Å². The van der Waals surface area contributed by atoms with Crippen molar-refractivity contribution in [2.45, 2.75) is 57.3 Å². The lowest BCUT2D eigenvalue weighted by molar-refractivity contribution is -0.0919. The number of hydrogen-bond acceptors (Lipinski definition) is 3. The van der Waals surface area contributed by atoms with Gasteiger partial charge in [0.2, 0.25) is 0 Å². The van der Waals surface area contributed by atoms with Crippen LogP contribution < -0.4 is 5.32 Å². The molecule has 1 rings (SSSR count). The second-order valence-electron chi connectivity index (χ2n) is 5.00. The molecule has 16 heavy (non-hydrogen) atoms. The van der Waals surface area contributed by atoms with E-state index in [2.05, 4.69) is 5.32 Å². The van der Waals surface area contributed by atoms with Crippen LogP contribution in [0.15, 0.2) is 0 Å². The van der Waals surface area contributed by atoms with E-state index in [9.17, 15) is 18.7 Å². The van der Waals surface area contributed by atoms with Gasteiger partial charge in [0.15, 0.2) is 0 Å². The third-order valence-corrected chi connectivity index (χ3v) is 2.30. The minimum absolute atomic E-state index is 0.0490. The number of rotatable bonds is 1. The van der Waals surface area contributed by atoms with Crippen LogP contribution in [0.1, 0.15) is 33.6 Å². The smallest absolute Gasteiger partial charge is 0.407 e. The number of hydrogen-bond donors (Lipinski definition) is 2. The van der Waals surface area contributed by atoms with Crippen LogP contribution >= 0.6 is 0 Å². The molecule has 0 aromatic rings. The van der Waals surface area contributed by atoms with Gasteiger partial charge < -0.3 is 15.2 Å². The average Bonchev–Trinajstić information content (AvgIpc) is 2.28. The van der Waals surface area contributed by atoms with Gasteiger partial charge in [-0.2, -0.15) is 0 Å². The first-order valence-electron chi connectivity index (χ1n) is 5.17. The van der Waals surface area contributed by atoms with Crippen LogP contribution in [0.2, 0.25) is 0 Å². The Bertz CT molecular complexity index is 276. The number of halogens is 2. The van der Waals surface area contributed by atoms with Crippen molar-refractivity contribution in [1.29, 1.82) is 0 Å². The Labute approximate surface area is 93.0 Å². The van der Waals surface area contributed by atoms with E-state index in [4.69, 9.17) is 4.74 Å². The van der Waals surface area contributed by atoms with Gasteiger partial charge in [-0.15, -0.1) is 0 Å². The van der Waals surface area contributed by atoms with Crippen LogP contribution in [-0.2, 0) is 4.74 Å². The molecule has 0 heterocycles. The Kier molecular flexibility index (Phi) is 3.42. The molecule has 94 valence electrons.